The molecule has 0 fully saturated rings. The van der Waals surface area contributed by atoms with E-state index in [1.165, 1.54) is 5.56 Å². The third kappa shape index (κ3) is 2.48. The minimum Gasteiger partial charge on any atom is -0.340 e. The van der Waals surface area contributed by atoms with Crippen LogP contribution in [0.1, 0.15) is 10.5 Å². The van der Waals surface area contributed by atoms with Crippen molar-refractivity contribution in [2.45, 2.75) is 0 Å². The van der Waals surface area contributed by atoms with Gasteiger partial charge in [0.05, 0.1) is 6.67 Å². The van der Waals surface area contributed by atoms with E-state index in [9.17, 15) is 4.79 Å². The first-order valence-corrected chi connectivity index (χ1v) is 8.25. The zero-order valence-electron chi connectivity index (χ0n) is 14.6. The van der Waals surface area contributed by atoms with Gasteiger partial charge in [0.15, 0.2) is 11.5 Å². The van der Waals surface area contributed by atoms with Gasteiger partial charge in [0.2, 0.25) is 0 Å². The van der Waals surface area contributed by atoms with E-state index in [4.69, 9.17) is 4.98 Å². The van der Waals surface area contributed by atoms with Crippen LogP contribution in [-0.2, 0) is 7.05 Å². The summed E-state index contributed by atoms with van der Waals surface area (Å²) in [5, 5.41) is 0. The number of anilines is 1. The van der Waals surface area contributed by atoms with Gasteiger partial charge in [-0.15, -0.1) is 0 Å². The molecule has 0 unspecified atom stereocenters. The van der Waals surface area contributed by atoms with Crippen molar-refractivity contribution in [2.24, 2.45) is 7.05 Å². The molecule has 1 aliphatic rings. The molecule has 0 bridgehead atoms. The quantitative estimate of drug-likeness (QED) is 0.723. The van der Waals surface area contributed by atoms with E-state index in [1.54, 1.807) is 4.90 Å². The normalized spacial score (nSPS) is 14.0. The number of fused-ring (bicyclic) bond motifs is 1. The maximum absolute atomic E-state index is 12.5. The summed E-state index contributed by atoms with van der Waals surface area (Å²) in [6, 6.07) is 18.6. The van der Waals surface area contributed by atoms with Crippen molar-refractivity contribution in [3.8, 4) is 22.5 Å². The zero-order chi connectivity index (χ0) is 17.6. The lowest BCUT2D eigenvalue weighted by Crippen LogP contribution is -2.43. The first-order chi connectivity index (χ1) is 12.1. The molecule has 1 aromatic heterocycles. The van der Waals surface area contributed by atoms with Crippen LogP contribution in [0.5, 0.6) is 0 Å². The molecule has 0 aliphatic carbocycles. The molecule has 5 nitrogen and oxygen atoms in total. The van der Waals surface area contributed by atoms with Crippen molar-refractivity contribution in [1.29, 1.82) is 0 Å². The largest absolute Gasteiger partial charge is 0.340 e. The van der Waals surface area contributed by atoms with Crippen molar-refractivity contribution < 1.29 is 4.79 Å². The van der Waals surface area contributed by atoms with E-state index < -0.39 is 0 Å². The maximum atomic E-state index is 12.5. The predicted molar refractivity (Wildman–Crippen MR) is 99.4 cm³/mol. The van der Waals surface area contributed by atoms with Crippen LogP contribution in [0.3, 0.4) is 0 Å². The second-order valence-corrected chi connectivity index (χ2v) is 6.45. The highest BCUT2D eigenvalue weighted by atomic mass is 16.2. The van der Waals surface area contributed by atoms with Gasteiger partial charge < -0.3 is 14.4 Å². The number of carbonyl (C=O) groups excluding carboxylic acids is 1. The van der Waals surface area contributed by atoms with Crippen LogP contribution < -0.4 is 4.90 Å². The average Bonchev–Trinajstić information content (AvgIpc) is 2.99. The Balaban J connectivity index is 1.75. The van der Waals surface area contributed by atoms with E-state index in [0.29, 0.717) is 12.4 Å². The SMILES string of the molecule is CN1CN(C)c2nc(-c3ccc(-c4ccccc4)cc3)n(C)c2C1=O. The number of imidazole rings is 1. The molecular weight excluding hydrogens is 312 g/mol. The minimum absolute atomic E-state index is 0.00950. The van der Waals surface area contributed by atoms with Gasteiger partial charge in [-0.1, -0.05) is 54.6 Å². The monoisotopic (exact) mass is 332 g/mol. The fourth-order valence-corrected chi connectivity index (χ4v) is 3.32. The van der Waals surface area contributed by atoms with Crippen molar-refractivity contribution in [2.75, 3.05) is 25.7 Å². The van der Waals surface area contributed by atoms with E-state index >= 15 is 0 Å². The molecule has 2 heterocycles. The molecule has 126 valence electrons. The molecular formula is C20H20N4O. The van der Waals surface area contributed by atoms with Crippen LogP contribution in [0.4, 0.5) is 5.82 Å². The molecule has 2 aromatic carbocycles. The molecule has 25 heavy (non-hydrogen) atoms. The second kappa shape index (κ2) is 5.77. The number of hydrogen-bond donors (Lipinski definition) is 0. The molecule has 5 heteroatoms. The topological polar surface area (TPSA) is 41.4 Å². The fraction of sp³-hybridized carbons (Fsp3) is 0.200. The number of aromatic nitrogens is 2. The third-order valence-corrected chi connectivity index (χ3v) is 4.66. The molecule has 0 saturated heterocycles. The van der Waals surface area contributed by atoms with Crippen molar-refractivity contribution in [3.05, 3.63) is 60.3 Å². The van der Waals surface area contributed by atoms with E-state index in [1.807, 2.05) is 48.8 Å². The van der Waals surface area contributed by atoms with Gasteiger partial charge in [-0.2, -0.15) is 0 Å². The molecule has 0 saturated carbocycles. The van der Waals surface area contributed by atoms with Crippen LogP contribution in [0, 0.1) is 0 Å². The Labute approximate surface area is 147 Å². The van der Waals surface area contributed by atoms with Crippen molar-refractivity contribution in [3.63, 3.8) is 0 Å². The summed E-state index contributed by atoms with van der Waals surface area (Å²) in [6.45, 7) is 0.551. The predicted octanol–water partition coefficient (Wildman–Crippen LogP) is 3.23. The number of rotatable bonds is 2. The Kier molecular flexibility index (Phi) is 3.57. The standard InChI is InChI=1S/C20H20N4O/c1-22-13-23(2)20(25)17-19(22)21-18(24(17)3)16-11-9-15(10-12-16)14-7-5-4-6-8-14/h4-12H,13H2,1-3H3. The van der Waals surface area contributed by atoms with E-state index in [0.717, 1.165) is 22.8 Å². The van der Waals surface area contributed by atoms with Crippen LogP contribution >= 0.6 is 0 Å². The summed E-state index contributed by atoms with van der Waals surface area (Å²) >= 11 is 0. The van der Waals surface area contributed by atoms with Gasteiger partial charge in [-0.25, -0.2) is 4.98 Å². The number of hydrogen-bond acceptors (Lipinski definition) is 3. The maximum Gasteiger partial charge on any atom is 0.275 e. The zero-order valence-corrected chi connectivity index (χ0v) is 14.6. The highest BCUT2D eigenvalue weighted by molar-refractivity contribution is 6.00. The fourth-order valence-electron chi connectivity index (χ4n) is 3.32. The molecule has 1 amide bonds. The number of benzene rings is 2. The first-order valence-electron chi connectivity index (χ1n) is 8.25. The molecule has 0 atom stereocenters. The van der Waals surface area contributed by atoms with Crippen molar-refractivity contribution in [1.82, 2.24) is 14.5 Å². The molecule has 4 rings (SSSR count). The minimum atomic E-state index is 0.00950. The second-order valence-electron chi connectivity index (χ2n) is 6.45. The Morgan fingerprint density at radius 1 is 0.800 bits per heavy atom. The Morgan fingerprint density at radius 3 is 2.08 bits per heavy atom. The highest BCUT2D eigenvalue weighted by Crippen LogP contribution is 2.31. The van der Waals surface area contributed by atoms with Gasteiger partial charge in [0.25, 0.3) is 5.91 Å². The smallest absolute Gasteiger partial charge is 0.275 e. The van der Waals surface area contributed by atoms with Gasteiger partial charge in [-0.05, 0) is 11.1 Å². The summed E-state index contributed by atoms with van der Waals surface area (Å²) in [7, 11) is 5.66. The molecule has 0 spiro atoms. The van der Waals surface area contributed by atoms with E-state index in [-0.39, 0.29) is 5.91 Å². The Hall–Kier alpha value is -3.08. The molecule has 0 radical (unpaired) electrons. The first kappa shape index (κ1) is 15.4. The summed E-state index contributed by atoms with van der Waals surface area (Å²) in [4.78, 5) is 20.9. The van der Waals surface area contributed by atoms with Gasteiger partial charge >= 0.3 is 0 Å². The summed E-state index contributed by atoms with van der Waals surface area (Å²) in [5.74, 6) is 1.56. The number of carbonyl (C=O) groups is 1. The lowest BCUT2D eigenvalue weighted by atomic mass is 10.0. The lowest BCUT2D eigenvalue weighted by Gasteiger charge is -2.30. The van der Waals surface area contributed by atoms with Crippen LogP contribution in [0.2, 0.25) is 0 Å². The Bertz CT molecular complexity index is 928. The Morgan fingerprint density at radius 2 is 1.40 bits per heavy atom. The van der Waals surface area contributed by atoms with Gasteiger partial charge in [-0.3, -0.25) is 4.79 Å². The molecule has 1 aliphatic heterocycles. The molecule has 0 N–H and O–H groups in total. The van der Waals surface area contributed by atoms with E-state index in [2.05, 4.69) is 36.4 Å². The highest BCUT2D eigenvalue weighted by Gasteiger charge is 2.31. The van der Waals surface area contributed by atoms with Crippen molar-refractivity contribution >= 4 is 11.7 Å². The van der Waals surface area contributed by atoms with Crippen LogP contribution in [0.25, 0.3) is 22.5 Å². The summed E-state index contributed by atoms with van der Waals surface area (Å²) < 4.78 is 1.89. The molecule has 3 aromatic rings. The number of amides is 1. The average molecular weight is 332 g/mol. The summed E-state index contributed by atoms with van der Waals surface area (Å²) in [6.07, 6.45) is 0. The van der Waals surface area contributed by atoms with Crippen LogP contribution in [-0.4, -0.2) is 41.1 Å². The third-order valence-electron chi connectivity index (χ3n) is 4.66. The van der Waals surface area contributed by atoms with Gasteiger partial charge in [0.1, 0.15) is 5.82 Å². The lowest BCUT2D eigenvalue weighted by molar-refractivity contribution is 0.0774. The number of nitrogens with zero attached hydrogens (tertiary/aromatic N) is 4. The van der Waals surface area contributed by atoms with Crippen LogP contribution in [0.15, 0.2) is 54.6 Å². The summed E-state index contributed by atoms with van der Waals surface area (Å²) in [5.41, 5.74) is 3.99. The van der Waals surface area contributed by atoms with Gasteiger partial charge in [0, 0.05) is 26.7 Å².